The Morgan fingerprint density at radius 3 is 2.78 bits per heavy atom. The average molecular weight is 317 g/mol. The minimum absolute atomic E-state index is 0.635. The molecule has 0 unspecified atom stereocenters. The number of hydrogen-bond acceptors (Lipinski definition) is 4. The molecular weight excluding hydrogens is 296 g/mol. The molecule has 0 fully saturated rings. The normalized spacial score (nSPS) is 10.4. The average Bonchev–Trinajstić information content (AvgIpc) is 2.37. The van der Waals surface area contributed by atoms with Crippen molar-refractivity contribution in [2.24, 2.45) is 5.73 Å². The van der Waals surface area contributed by atoms with Crippen LogP contribution in [0.4, 0.5) is 0 Å². The summed E-state index contributed by atoms with van der Waals surface area (Å²) in [5, 5.41) is 3.25. The summed E-state index contributed by atoms with van der Waals surface area (Å²) in [6.45, 7) is 4.95. The maximum absolute atomic E-state index is 5.68. The maximum Gasteiger partial charge on any atom is 0.175 e. The number of nitrogens with one attached hydrogen (secondary N) is 1. The third kappa shape index (κ3) is 4.48. The van der Waals surface area contributed by atoms with E-state index in [1.807, 2.05) is 12.1 Å². The van der Waals surface area contributed by atoms with Gasteiger partial charge in [0, 0.05) is 19.6 Å². The minimum atomic E-state index is 0.635. The van der Waals surface area contributed by atoms with E-state index in [-0.39, 0.29) is 0 Å². The molecule has 18 heavy (non-hydrogen) atoms. The SMILES string of the molecule is CCCOc1c(Br)cc(CNCCN)cc1OC. The predicted octanol–water partition coefficient (Wildman–Crippen LogP) is 2.29. The van der Waals surface area contributed by atoms with Crippen LogP contribution in [-0.4, -0.2) is 26.8 Å². The summed E-state index contributed by atoms with van der Waals surface area (Å²) in [7, 11) is 1.65. The van der Waals surface area contributed by atoms with Crippen LogP contribution < -0.4 is 20.5 Å². The second-order valence-electron chi connectivity index (χ2n) is 3.92. The Labute approximate surface area is 117 Å². The molecule has 0 bridgehead atoms. The molecule has 0 heterocycles. The summed E-state index contributed by atoms with van der Waals surface area (Å²) >= 11 is 3.52. The summed E-state index contributed by atoms with van der Waals surface area (Å²) in [6, 6.07) is 4.02. The van der Waals surface area contributed by atoms with E-state index in [0.717, 1.165) is 41.0 Å². The molecule has 3 N–H and O–H groups in total. The van der Waals surface area contributed by atoms with Crippen molar-refractivity contribution in [1.82, 2.24) is 5.32 Å². The molecule has 0 spiro atoms. The third-order valence-electron chi connectivity index (χ3n) is 2.39. The molecular formula is C13H21BrN2O2. The lowest BCUT2D eigenvalue weighted by Crippen LogP contribution is -2.21. The van der Waals surface area contributed by atoms with Crippen molar-refractivity contribution in [3.8, 4) is 11.5 Å². The van der Waals surface area contributed by atoms with Gasteiger partial charge in [0.15, 0.2) is 11.5 Å². The van der Waals surface area contributed by atoms with Gasteiger partial charge in [-0.15, -0.1) is 0 Å². The largest absolute Gasteiger partial charge is 0.493 e. The fraction of sp³-hybridized carbons (Fsp3) is 0.538. The van der Waals surface area contributed by atoms with Gasteiger partial charge < -0.3 is 20.5 Å². The van der Waals surface area contributed by atoms with Gasteiger partial charge in [-0.2, -0.15) is 0 Å². The van der Waals surface area contributed by atoms with Crippen LogP contribution in [0.3, 0.4) is 0 Å². The molecule has 0 atom stereocenters. The highest BCUT2D eigenvalue weighted by atomic mass is 79.9. The molecule has 4 nitrogen and oxygen atoms in total. The van der Waals surface area contributed by atoms with Crippen LogP contribution in [0.1, 0.15) is 18.9 Å². The van der Waals surface area contributed by atoms with E-state index in [1.165, 1.54) is 0 Å². The van der Waals surface area contributed by atoms with Crippen LogP contribution in [-0.2, 0) is 6.54 Å². The molecule has 0 aliphatic rings. The van der Waals surface area contributed by atoms with E-state index in [0.29, 0.717) is 13.2 Å². The van der Waals surface area contributed by atoms with E-state index in [9.17, 15) is 0 Å². The number of nitrogens with two attached hydrogens (primary N) is 1. The Hall–Kier alpha value is -0.780. The van der Waals surface area contributed by atoms with Gasteiger partial charge in [0.2, 0.25) is 0 Å². The van der Waals surface area contributed by atoms with Crippen molar-refractivity contribution in [2.45, 2.75) is 19.9 Å². The maximum atomic E-state index is 5.68. The van der Waals surface area contributed by atoms with Gasteiger partial charge in [0.25, 0.3) is 0 Å². The first-order valence-electron chi connectivity index (χ1n) is 6.12. The highest BCUT2D eigenvalue weighted by Gasteiger charge is 2.11. The molecule has 0 aliphatic heterocycles. The third-order valence-corrected chi connectivity index (χ3v) is 2.98. The summed E-state index contributed by atoms with van der Waals surface area (Å²) in [5.74, 6) is 1.52. The summed E-state index contributed by atoms with van der Waals surface area (Å²) in [4.78, 5) is 0. The van der Waals surface area contributed by atoms with Crippen molar-refractivity contribution < 1.29 is 9.47 Å². The van der Waals surface area contributed by atoms with Crippen LogP contribution in [0, 0.1) is 0 Å². The zero-order chi connectivity index (χ0) is 13.4. The Morgan fingerprint density at radius 1 is 1.39 bits per heavy atom. The highest BCUT2D eigenvalue weighted by Crippen LogP contribution is 2.36. The Bertz CT molecular complexity index is 372. The molecule has 0 amide bonds. The van der Waals surface area contributed by atoms with Gasteiger partial charge in [0.1, 0.15) is 0 Å². The van der Waals surface area contributed by atoms with Gasteiger partial charge in [0.05, 0.1) is 18.2 Å². The topological polar surface area (TPSA) is 56.5 Å². The number of hydrogen-bond donors (Lipinski definition) is 2. The van der Waals surface area contributed by atoms with E-state index in [1.54, 1.807) is 7.11 Å². The molecule has 5 heteroatoms. The van der Waals surface area contributed by atoms with Gasteiger partial charge in [-0.3, -0.25) is 0 Å². The van der Waals surface area contributed by atoms with Gasteiger partial charge in [-0.25, -0.2) is 0 Å². The van der Waals surface area contributed by atoms with E-state index < -0.39 is 0 Å². The smallest absolute Gasteiger partial charge is 0.175 e. The fourth-order valence-electron chi connectivity index (χ4n) is 1.55. The molecule has 0 saturated heterocycles. The molecule has 1 aromatic rings. The molecule has 1 aromatic carbocycles. The van der Waals surface area contributed by atoms with Gasteiger partial charge in [-0.05, 0) is 40.0 Å². The second-order valence-corrected chi connectivity index (χ2v) is 4.78. The quantitative estimate of drug-likeness (QED) is 0.723. The first kappa shape index (κ1) is 15.3. The fourth-order valence-corrected chi connectivity index (χ4v) is 2.16. The van der Waals surface area contributed by atoms with Crippen LogP contribution in [0.25, 0.3) is 0 Å². The Balaban J connectivity index is 2.81. The number of rotatable bonds is 8. The van der Waals surface area contributed by atoms with Crippen molar-refractivity contribution in [3.05, 3.63) is 22.2 Å². The molecule has 1 rings (SSSR count). The standard InChI is InChI=1S/C13H21BrN2O2/c1-3-6-18-13-11(14)7-10(8-12(13)17-2)9-16-5-4-15/h7-8,16H,3-6,9,15H2,1-2H3. The monoisotopic (exact) mass is 316 g/mol. The molecule has 102 valence electrons. The number of methoxy groups -OCH3 is 1. The number of halogens is 1. The van der Waals surface area contributed by atoms with Crippen molar-refractivity contribution in [2.75, 3.05) is 26.8 Å². The molecule has 0 aliphatic carbocycles. The Kier molecular flexibility index (Phi) is 7.08. The first-order valence-corrected chi connectivity index (χ1v) is 6.92. The van der Waals surface area contributed by atoms with E-state index in [2.05, 4.69) is 28.2 Å². The zero-order valence-corrected chi connectivity index (χ0v) is 12.5. The number of benzene rings is 1. The lowest BCUT2D eigenvalue weighted by Gasteiger charge is -2.14. The van der Waals surface area contributed by atoms with E-state index in [4.69, 9.17) is 15.2 Å². The lowest BCUT2D eigenvalue weighted by molar-refractivity contribution is 0.292. The van der Waals surface area contributed by atoms with Crippen molar-refractivity contribution >= 4 is 15.9 Å². The minimum Gasteiger partial charge on any atom is -0.493 e. The van der Waals surface area contributed by atoms with E-state index >= 15 is 0 Å². The van der Waals surface area contributed by atoms with Gasteiger partial charge in [-0.1, -0.05) is 6.92 Å². The second kappa shape index (κ2) is 8.34. The number of ether oxygens (including phenoxy) is 2. The molecule has 0 radical (unpaired) electrons. The zero-order valence-electron chi connectivity index (χ0n) is 11.0. The summed E-state index contributed by atoms with van der Waals surface area (Å²) in [5.41, 5.74) is 6.58. The summed E-state index contributed by atoms with van der Waals surface area (Å²) in [6.07, 6.45) is 0.968. The Morgan fingerprint density at radius 2 is 2.17 bits per heavy atom. The van der Waals surface area contributed by atoms with Crippen molar-refractivity contribution in [1.29, 1.82) is 0 Å². The molecule has 0 saturated carbocycles. The lowest BCUT2D eigenvalue weighted by atomic mass is 10.2. The van der Waals surface area contributed by atoms with Crippen molar-refractivity contribution in [3.63, 3.8) is 0 Å². The molecule has 0 aromatic heterocycles. The van der Waals surface area contributed by atoms with Crippen LogP contribution in [0.2, 0.25) is 0 Å². The first-order chi connectivity index (χ1) is 8.72. The van der Waals surface area contributed by atoms with Gasteiger partial charge >= 0.3 is 0 Å². The highest BCUT2D eigenvalue weighted by molar-refractivity contribution is 9.10. The predicted molar refractivity (Wildman–Crippen MR) is 77.2 cm³/mol. The van der Waals surface area contributed by atoms with Crippen LogP contribution in [0.5, 0.6) is 11.5 Å². The van der Waals surface area contributed by atoms with Crippen LogP contribution >= 0.6 is 15.9 Å². The van der Waals surface area contributed by atoms with Crippen LogP contribution in [0.15, 0.2) is 16.6 Å². The summed E-state index contributed by atoms with van der Waals surface area (Å²) < 4.78 is 12.0.